The van der Waals surface area contributed by atoms with Crippen molar-refractivity contribution in [2.45, 2.75) is 17.4 Å². The van der Waals surface area contributed by atoms with Crippen molar-refractivity contribution in [2.75, 3.05) is 12.4 Å². The summed E-state index contributed by atoms with van der Waals surface area (Å²) in [6.07, 6.45) is -0.115. The largest absolute Gasteiger partial charge is 0.485 e. The van der Waals surface area contributed by atoms with E-state index in [1.54, 1.807) is 30.0 Å². The second kappa shape index (κ2) is 6.76. The Bertz CT molecular complexity index is 856. The second-order valence-corrected chi connectivity index (χ2v) is 6.77. The van der Waals surface area contributed by atoms with Crippen molar-refractivity contribution in [3.63, 3.8) is 0 Å². The zero-order chi connectivity index (χ0) is 17.2. The number of halogens is 1. The first kappa shape index (κ1) is 16.0. The van der Waals surface area contributed by atoms with E-state index in [4.69, 9.17) is 9.47 Å². The first-order valence-electron chi connectivity index (χ1n) is 7.88. The number of nitrogens with one attached hydrogen (secondary N) is 1. The maximum Gasteiger partial charge on any atom is 0.284 e. The van der Waals surface area contributed by atoms with Crippen molar-refractivity contribution in [1.29, 1.82) is 0 Å². The van der Waals surface area contributed by atoms with E-state index in [9.17, 15) is 9.18 Å². The van der Waals surface area contributed by atoms with Gasteiger partial charge < -0.3 is 9.47 Å². The Morgan fingerprint density at radius 2 is 2.08 bits per heavy atom. The summed E-state index contributed by atoms with van der Waals surface area (Å²) in [4.78, 5) is 13.3. The summed E-state index contributed by atoms with van der Waals surface area (Å²) < 4.78 is 24.7. The second-order valence-electron chi connectivity index (χ2n) is 5.64. The number of thioether (sulfide) groups is 1. The average Bonchev–Trinajstić information content (AvgIpc) is 2.65. The SMILES string of the molecule is O=C(N/N=C1\CCSc2ccc(F)cc21)C1COc2ccccc2O1. The van der Waals surface area contributed by atoms with Gasteiger partial charge in [-0.3, -0.25) is 4.79 Å². The fourth-order valence-corrected chi connectivity index (χ4v) is 3.72. The molecule has 0 saturated heterocycles. The molecule has 1 amide bonds. The summed E-state index contributed by atoms with van der Waals surface area (Å²) in [5.41, 5.74) is 3.92. The molecule has 2 aromatic rings. The third kappa shape index (κ3) is 3.32. The van der Waals surface area contributed by atoms with Gasteiger partial charge in [0.1, 0.15) is 12.4 Å². The lowest BCUT2D eigenvalue weighted by Crippen LogP contribution is -2.42. The van der Waals surface area contributed by atoms with E-state index in [-0.39, 0.29) is 12.4 Å². The molecule has 0 aliphatic carbocycles. The third-order valence-corrected chi connectivity index (χ3v) is 5.03. The molecule has 0 radical (unpaired) electrons. The topological polar surface area (TPSA) is 59.9 Å². The molecule has 2 aliphatic rings. The fourth-order valence-electron chi connectivity index (χ4n) is 2.71. The molecule has 25 heavy (non-hydrogen) atoms. The number of carbonyl (C=O) groups excluding carboxylic acids is 1. The standard InChI is InChI=1S/C18H15FN2O3S/c19-11-5-6-17-12(9-11)13(7-8-25-17)20-21-18(22)16-10-23-14-3-1-2-4-15(14)24-16/h1-6,9,16H,7-8,10H2,(H,21,22)/b20-13+. The number of fused-ring (bicyclic) bond motifs is 2. The number of ether oxygens (including phenoxy) is 2. The molecule has 2 heterocycles. The molecule has 2 aromatic carbocycles. The molecule has 0 aromatic heterocycles. The minimum Gasteiger partial charge on any atom is -0.485 e. The van der Waals surface area contributed by atoms with Crippen LogP contribution in [0.25, 0.3) is 0 Å². The van der Waals surface area contributed by atoms with Gasteiger partial charge in [0.15, 0.2) is 11.5 Å². The number of nitrogens with zero attached hydrogens (tertiary/aromatic N) is 1. The highest BCUT2D eigenvalue weighted by molar-refractivity contribution is 7.99. The van der Waals surface area contributed by atoms with Crippen LogP contribution in [0.2, 0.25) is 0 Å². The van der Waals surface area contributed by atoms with Gasteiger partial charge in [-0.25, -0.2) is 9.82 Å². The summed E-state index contributed by atoms with van der Waals surface area (Å²) in [5, 5.41) is 4.20. The Morgan fingerprint density at radius 1 is 1.24 bits per heavy atom. The van der Waals surface area contributed by atoms with Crippen LogP contribution in [0.1, 0.15) is 12.0 Å². The highest BCUT2D eigenvalue weighted by Crippen LogP contribution is 2.32. The number of hydrazone groups is 1. The molecule has 0 spiro atoms. The van der Waals surface area contributed by atoms with Crippen LogP contribution in [-0.4, -0.2) is 30.1 Å². The molecule has 1 atom stereocenters. The van der Waals surface area contributed by atoms with Crippen LogP contribution in [0.5, 0.6) is 11.5 Å². The van der Waals surface area contributed by atoms with E-state index >= 15 is 0 Å². The number of benzene rings is 2. The normalized spacial score (nSPS) is 20.0. The predicted octanol–water partition coefficient (Wildman–Crippen LogP) is 2.98. The quantitative estimate of drug-likeness (QED) is 0.839. The van der Waals surface area contributed by atoms with Crippen molar-refractivity contribution < 1.29 is 18.7 Å². The van der Waals surface area contributed by atoms with E-state index < -0.39 is 12.0 Å². The molecular weight excluding hydrogens is 343 g/mol. The molecule has 4 rings (SSSR count). The van der Waals surface area contributed by atoms with Crippen molar-refractivity contribution in [2.24, 2.45) is 5.10 Å². The monoisotopic (exact) mass is 358 g/mol. The van der Waals surface area contributed by atoms with Crippen LogP contribution in [0.4, 0.5) is 4.39 Å². The molecule has 2 aliphatic heterocycles. The summed E-state index contributed by atoms with van der Waals surface area (Å²) in [6, 6.07) is 11.8. The Hall–Kier alpha value is -2.54. The Kier molecular flexibility index (Phi) is 4.31. The number of para-hydroxylation sites is 2. The van der Waals surface area contributed by atoms with Gasteiger partial charge in [0.05, 0.1) is 5.71 Å². The maximum atomic E-state index is 13.5. The van der Waals surface area contributed by atoms with Gasteiger partial charge in [0.2, 0.25) is 6.10 Å². The Morgan fingerprint density at radius 3 is 2.96 bits per heavy atom. The number of amides is 1. The van der Waals surface area contributed by atoms with Crippen LogP contribution in [0, 0.1) is 5.82 Å². The van der Waals surface area contributed by atoms with Gasteiger partial charge in [-0.2, -0.15) is 5.10 Å². The van der Waals surface area contributed by atoms with Gasteiger partial charge in [-0.15, -0.1) is 11.8 Å². The van der Waals surface area contributed by atoms with Gasteiger partial charge in [0, 0.05) is 22.6 Å². The van der Waals surface area contributed by atoms with E-state index in [1.165, 1.54) is 12.1 Å². The van der Waals surface area contributed by atoms with Gasteiger partial charge in [0.25, 0.3) is 5.91 Å². The lowest BCUT2D eigenvalue weighted by Gasteiger charge is -2.25. The summed E-state index contributed by atoms with van der Waals surface area (Å²) in [7, 11) is 0. The minimum absolute atomic E-state index is 0.120. The van der Waals surface area contributed by atoms with Crippen LogP contribution in [-0.2, 0) is 4.79 Å². The van der Waals surface area contributed by atoms with Crippen molar-refractivity contribution in [3.8, 4) is 11.5 Å². The highest BCUT2D eigenvalue weighted by Gasteiger charge is 2.27. The molecule has 5 nitrogen and oxygen atoms in total. The van der Waals surface area contributed by atoms with Crippen LogP contribution in [0.15, 0.2) is 52.5 Å². The first-order chi connectivity index (χ1) is 12.2. The highest BCUT2D eigenvalue weighted by atomic mass is 32.2. The van der Waals surface area contributed by atoms with Crippen molar-refractivity contribution >= 4 is 23.4 Å². The van der Waals surface area contributed by atoms with Crippen molar-refractivity contribution in [1.82, 2.24) is 5.43 Å². The van der Waals surface area contributed by atoms with E-state index in [0.717, 1.165) is 16.2 Å². The molecule has 0 bridgehead atoms. The van der Waals surface area contributed by atoms with Crippen LogP contribution < -0.4 is 14.9 Å². The van der Waals surface area contributed by atoms with Gasteiger partial charge in [-0.05, 0) is 30.3 Å². The molecule has 1 N–H and O–H groups in total. The lowest BCUT2D eigenvalue weighted by molar-refractivity contribution is -0.130. The van der Waals surface area contributed by atoms with E-state index in [2.05, 4.69) is 10.5 Å². The number of hydrogen-bond acceptors (Lipinski definition) is 5. The average molecular weight is 358 g/mol. The zero-order valence-corrected chi connectivity index (χ0v) is 14.0. The number of carbonyl (C=O) groups is 1. The van der Waals surface area contributed by atoms with E-state index in [1.807, 2.05) is 12.1 Å². The summed E-state index contributed by atoms with van der Waals surface area (Å²) in [6.45, 7) is 0.120. The zero-order valence-electron chi connectivity index (χ0n) is 13.2. The first-order valence-corrected chi connectivity index (χ1v) is 8.87. The maximum absolute atomic E-state index is 13.5. The van der Waals surface area contributed by atoms with Crippen LogP contribution >= 0.6 is 11.8 Å². The van der Waals surface area contributed by atoms with Gasteiger partial charge >= 0.3 is 0 Å². The summed E-state index contributed by atoms with van der Waals surface area (Å²) >= 11 is 1.65. The molecule has 0 saturated carbocycles. The van der Waals surface area contributed by atoms with Crippen molar-refractivity contribution in [3.05, 3.63) is 53.8 Å². The Balaban J connectivity index is 1.48. The number of hydrogen-bond donors (Lipinski definition) is 1. The summed E-state index contributed by atoms with van der Waals surface area (Å²) in [5.74, 6) is 1.28. The van der Waals surface area contributed by atoms with Gasteiger partial charge in [-0.1, -0.05) is 12.1 Å². The Labute approximate surface area is 148 Å². The van der Waals surface area contributed by atoms with E-state index in [0.29, 0.717) is 23.6 Å². The molecule has 7 heteroatoms. The number of rotatable bonds is 2. The molecular formula is C18H15FN2O3S. The van der Waals surface area contributed by atoms with Crippen LogP contribution in [0.3, 0.4) is 0 Å². The fraction of sp³-hybridized carbons (Fsp3) is 0.222. The predicted molar refractivity (Wildman–Crippen MR) is 92.8 cm³/mol. The minimum atomic E-state index is -0.774. The smallest absolute Gasteiger partial charge is 0.284 e. The molecule has 1 unspecified atom stereocenters. The third-order valence-electron chi connectivity index (χ3n) is 3.95. The molecule has 128 valence electrons. The molecule has 0 fully saturated rings. The lowest BCUT2D eigenvalue weighted by atomic mass is 10.1.